The molecule has 0 bridgehead atoms. The molecule has 9 heteroatoms. The Hall–Kier alpha value is -3.49. The Morgan fingerprint density at radius 1 is 0.939 bits per heavy atom. The smallest absolute Gasteiger partial charge is 0.317 e. The van der Waals surface area contributed by atoms with E-state index in [1.807, 2.05) is 30.3 Å². The Kier molecular flexibility index (Phi) is 7.49. The third-order valence-electron chi connectivity index (χ3n) is 6.28. The van der Waals surface area contributed by atoms with Crippen molar-refractivity contribution in [2.75, 3.05) is 18.4 Å². The Labute approximate surface area is 193 Å². The van der Waals surface area contributed by atoms with Gasteiger partial charge >= 0.3 is 6.03 Å². The van der Waals surface area contributed by atoms with E-state index in [0.29, 0.717) is 32.5 Å². The van der Waals surface area contributed by atoms with Crippen LogP contribution in [0.1, 0.15) is 54.6 Å². The summed E-state index contributed by atoms with van der Waals surface area (Å²) >= 11 is 0. The normalized spacial score (nSPS) is 16.9. The molecule has 174 valence electrons. The molecule has 1 aromatic heterocycles. The van der Waals surface area contributed by atoms with E-state index in [-0.39, 0.29) is 41.3 Å². The van der Waals surface area contributed by atoms with E-state index in [2.05, 4.69) is 25.9 Å². The van der Waals surface area contributed by atoms with Gasteiger partial charge in [0.15, 0.2) is 11.5 Å². The average Bonchev–Trinajstić information content (AvgIpc) is 3.39. The predicted molar refractivity (Wildman–Crippen MR) is 123 cm³/mol. The topological polar surface area (TPSA) is 116 Å². The maximum Gasteiger partial charge on any atom is 0.317 e. The zero-order chi connectivity index (χ0) is 23.0. The van der Waals surface area contributed by atoms with Crippen molar-refractivity contribution >= 4 is 23.7 Å². The number of benzene rings is 1. The molecule has 2 aliphatic rings. The van der Waals surface area contributed by atoms with E-state index in [0.717, 1.165) is 31.2 Å². The standard InChI is InChI=1S/C24H30N6O3/c31-22(18-8-4-5-9-18)29-21-20(25-12-13-26-21)23(32)28-19-10-14-30(15-11-19)24(33)27-16-17-6-2-1-3-7-17/h1-3,6-7,12-13,18-19H,4-5,8-11,14-16H2,(H,27,33)(H,28,32)(H,26,29,31). The summed E-state index contributed by atoms with van der Waals surface area (Å²) in [7, 11) is 0. The third-order valence-corrected chi connectivity index (χ3v) is 6.28. The molecule has 4 rings (SSSR count). The van der Waals surface area contributed by atoms with Gasteiger partial charge in [0.2, 0.25) is 5.91 Å². The van der Waals surface area contributed by atoms with Gasteiger partial charge in [0.1, 0.15) is 0 Å². The van der Waals surface area contributed by atoms with Crippen LogP contribution in [0.25, 0.3) is 0 Å². The highest BCUT2D eigenvalue weighted by Gasteiger charge is 2.27. The second-order valence-electron chi connectivity index (χ2n) is 8.60. The number of aromatic nitrogens is 2. The van der Waals surface area contributed by atoms with Gasteiger partial charge in [0, 0.05) is 44.0 Å². The second kappa shape index (κ2) is 10.9. The van der Waals surface area contributed by atoms with Crippen LogP contribution >= 0.6 is 0 Å². The van der Waals surface area contributed by atoms with E-state index in [1.54, 1.807) is 4.90 Å². The van der Waals surface area contributed by atoms with E-state index in [4.69, 9.17) is 0 Å². The summed E-state index contributed by atoms with van der Waals surface area (Å²) in [5.41, 5.74) is 1.17. The lowest BCUT2D eigenvalue weighted by Gasteiger charge is -2.32. The number of rotatable bonds is 6. The van der Waals surface area contributed by atoms with Crippen molar-refractivity contribution < 1.29 is 14.4 Å². The van der Waals surface area contributed by atoms with E-state index < -0.39 is 0 Å². The number of anilines is 1. The fourth-order valence-electron chi connectivity index (χ4n) is 4.37. The summed E-state index contributed by atoms with van der Waals surface area (Å²) in [5.74, 6) is -0.293. The van der Waals surface area contributed by atoms with Crippen molar-refractivity contribution in [3.05, 3.63) is 54.0 Å². The Bertz CT molecular complexity index is 969. The minimum Gasteiger partial charge on any atom is -0.348 e. The summed E-state index contributed by atoms with van der Waals surface area (Å²) in [4.78, 5) is 47.9. The number of amides is 4. The van der Waals surface area contributed by atoms with Crippen LogP contribution in [-0.4, -0.2) is 51.8 Å². The van der Waals surface area contributed by atoms with Crippen LogP contribution in [0.3, 0.4) is 0 Å². The average molecular weight is 451 g/mol. The molecule has 33 heavy (non-hydrogen) atoms. The van der Waals surface area contributed by atoms with E-state index >= 15 is 0 Å². The fraction of sp³-hybridized carbons (Fsp3) is 0.458. The van der Waals surface area contributed by atoms with Gasteiger partial charge in [-0.2, -0.15) is 0 Å². The summed E-state index contributed by atoms with van der Waals surface area (Å²) in [6.07, 6.45) is 8.04. The SMILES string of the molecule is O=C(NC1CCN(C(=O)NCc2ccccc2)CC1)c1nccnc1NC(=O)C1CCCC1. The van der Waals surface area contributed by atoms with Crippen LogP contribution in [0, 0.1) is 5.92 Å². The number of carbonyl (C=O) groups is 3. The summed E-state index contributed by atoms with van der Waals surface area (Å²) in [6, 6.07) is 9.59. The molecule has 1 saturated carbocycles. The summed E-state index contributed by atoms with van der Waals surface area (Å²) in [5, 5.41) is 8.71. The van der Waals surface area contributed by atoms with Crippen molar-refractivity contribution in [3.63, 3.8) is 0 Å². The first-order chi connectivity index (χ1) is 16.1. The predicted octanol–water partition coefficient (Wildman–Crippen LogP) is 2.71. The van der Waals surface area contributed by atoms with Crippen LogP contribution in [-0.2, 0) is 11.3 Å². The third kappa shape index (κ3) is 6.06. The van der Waals surface area contributed by atoms with Crippen molar-refractivity contribution in [1.29, 1.82) is 0 Å². The molecule has 2 aromatic rings. The zero-order valence-electron chi connectivity index (χ0n) is 18.6. The van der Waals surface area contributed by atoms with Crippen LogP contribution < -0.4 is 16.0 Å². The molecule has 1 aliphatic carbocycles. The number of likely N-dealkylation sites (tertiary alicyclic amines) is 1. The molecule has 2 fully saturated rings. The van der Waals surface area contributed by atoms with Gasteiger partial charge in [-0.25, -0.2) is 14.8 Å². The maximum absolute atomic E-state index is 12.9. The lowest BCUT2D eigenvalue weighted by molar-refractivity contribution is -0.119. The Morgan fingerprint density at radius 3 is 2.36 bits per heavy atom. The summed E-state index contributed by atoms with van der Waals surface area (Å²) in [6.45, 7) is 1.59. The van der Waals surface area contributed by atoms with Gasteiger partial charge in [0.25, 0.3) is 5.91 Å². The molecule has 1 aliphatic heterocycles. The van der Waals surface area contributed by atoms with E-state index in [1.165, 1.54) is 12.4 Å². The van der Waals surface area contributed by atoms with Crippen molar-refractivity contribution in [2.24, 2.45) is 5.92 Å². The molecular weight excluding hydrogens is 420 g/mol. The molecule has 0 spiro atoms. The highest BCUT2D eigenvalue weighted by Crippen LogP contribution is 2.26. The molecular formula is C24H30N6O3. The molecule has 1 saturated heterocycles. The van der Waals surface area contributed by atoms with Crippen LogP contribution in [0.15, 0.2) is 42.7 Å². The number of nitrogens with one attached hydrogen (secondary N) is 3. The number of hydrogen-bond acceptors (Lipinski definition) is 5. The van der Waals surface area contributed by atoms with Crippen molar-refractivity contribution in [2.45, 2.75) is 51.1 Å². The monoisotopic (exact) mass is 450 g/mol. The highest BCUT2D eigenvalue weighted by molar-refractivity contribution is 6.01. The number of carbonyl (C=O) groups excluding carboxylic acids is 3. The quantitative estimate of drug-likeness (QED) is 0.626. The first kappa shape index (κ1) is 22.7. The molecule has 3 N–H and O–H groups in total. The lowest BCUT2D eigenvalue weighted by Crippen LogP contribution is -2.49. The van der Waals surface area contributed by atoms with Crippen LogP contribution in [0.5, 0.6) is 0 Å². The minimum absolute atomic E-state index is 0.0275. The highest BCUT2D eigenvalue weighted by atomic mass is 16.2. The number of hydrogen-bond donors (Lipinski definition) is 3. The van der Waals surface area contributed by atoms with Gasteiger partial charge in [-0.1, -0.05) is 43.2 Å². The van der Waals surface area contributed by atoms with Crippen molar-refractivity contribution in [3.8, 4) is 0 Å². The van der Waals surface area contributed by atoms with Gasteiger partial charge in [-0.15, -0.1) is 0 Å². The zero-order valence-corrected chi connectivity index (χ0v) is 18.6. The first-order valence-corrected chi connectivity index (χ1v) is 11.6. The van der Waals surface area contributed by atoms with Gasteiger partial charge in [-0.3, -0.25) is 9.59 Å². The molecule has 9 nitrogen and oxygen atoms in total. The van der Waals surface area contributed by atoms with Crippen LogP contribution in [0.2, 0.25) is 0 Å². The molecule has 2 heterocycles. The van der Waals surface area contributed by atoms with E-state index in [9.17, 15) is 14.4 Å². The summed E-state index contributed by atoms with van der Waals surface area (Å²) < 4.78 is 0. The Balaban J connectivity index is 1.26. The molecule has 0 atom stereocenters. The number of nitrogens with zero attached hydrogens (tertiary/aromatic N) is 3. The largest absolute Gasteiger partial charge is 0.348 e. The second-order valence-corrected chi connectivity index (χ2v) is 8.60. The minimum atomic E-state index is -0.364. The van der Waals surface area contributed by atoms with Gasteiger partial charge in [-0.05, 0) is 31.2 Å². The number of piperidine rings is 1. The van der Waals surface area contributed by atoms with Crippen LogP contribution in [0.4, 0.5) is 10.6 Å². The van der Waals surface area contributed by atoms with Gasteiger partial charge in [0.05, 0.1) is 0 Å². The Morgan fingerprint density at radius 2 is 1.64 bits per heavy atom. The molecule has 0 radical (unpaired) electrons. The fourth-order valence-corrected chi connectivity index (χ4v) is 4.37. The first-order valence-electron chi connectivity index (χ1n) is 11.6. The lowest BCUT2D eigenvalue weighted by atomic mass is 10.0. The molecule has 4 amide bonds. The van der Waals surface area contributed by atoms with Crippen molar-refractivity contribution in [1.82, 2.24) is 25.5 Å². The number of urea groups is 1. The molecule has 0 unspecified atom stereocenters. The maximum atomic E-state index is 12.9. The van der Waals surface area contributed by atoms with Gasteiger partial charge < -0.3 is 20.9 Å². The molecule has 1 aromatic carbocycles.